The first kappa shape index (κ1) is 17.7. The van der Waals surface area contributed by atoms with Crippen molar-refractivity contribution in [1.29, 1.82) is 0 Å². The largest absolute Gasteiger partial charge is 0.508 e. The molecule has 24 heavy (non-hydrogen) atoms. The molecule has 0 atom stereocenters. The summed E-state index contributed by atoms with van der Waals surface area (Å²) in [5.74, 6) is -0.381. The van der Waals surface area contributed by atoms with E-state index < -0.39 is 10.8 Å². The summed E-state index contributed by atoms with van der Waals surface area (Å²) >= 11 is 11.8. The van der Waals surface area contributed by atoms with Crippen molar-refractivity contribution >= 4 is 41.0 Å². The van der Waals surface area contributed by atoms with Crippen molar-refractivity contribution in [3.05, 3.63) is 67.7 Å². The summed E-state index contributed by atoms with van der Waals surface area (Å²) in [7, 11) is 0. The Morgan fingerprint density at radius 2 is 2.08 bits per heavy atom. The molecule has 0 aromatic heterocycles. The third-order valence-electron chi connectivity index (χ3n) is 2.96. The van der Waals surface area contributed by atoms with Crippen molar-refractivity contribution in [1.82, 2.24) is 5.43 Å². The normalized spacial score (nSPS) is 10.8. The molecule has 0 aliphatic rings. The van der Waals surface area contributed by atoms with Crippen molar-refractivity contribution in [2.45, 2.75) is 6.42 Å². The highest BCUT2D eigenvalue weighted by Gasteiger charge is 2.17. The van der Waals surface area contributed by atoms with Crippen LogP contribution in [0.5, 0.6) is 5.75 Å². The van der Waals surface area contributed by atoms with E-state index in [1.165, 1.54) is 24.3 Å². The van der Waals surface area contributed by atoms with Gasteiger partial charge in [0.15, 0.2) is 0 Å². The first-order valence-corrected chi connectivity index (χ1v) is 7.36. The minimum absolute atomic E-state index is 0.00212. The lowest BCUT2D eigenvalue weighted by molar-refractivity contribution is -0.384. The predicted octanol–water partition coefficient (Wildman–Crippen LogP) is 3.30. The Morgan fingerprint density at radius 1 is 1.33 bits per heavy atom. The van der Waals surface area contributed by atoms with Gasteiger partial charge in [0.25, 0.3) is 5.69 Å². The van der Waals surface area contributed by atoms with E-state index in [-0.39, 0.29) is 33.5 Å². The molecule has 0 aliphatic heterocycles. The predicted molar refractivity (Wildman–Crippen MR) is 90.7 cm³/mol. The number of benzene rings is 2. The number of rotatable bonds is 5. The number of hydrazone groups is 1. The van der Waals surface area contributed by atoms with E-state index in [4.69, 9.17) is 23.2 Å². The van der Waals surface area contributed by atoms with E-state index in [1.807, 2.05) is 0 Å². The zero-order valence-corrected chi connectivity index (χ0v) is 13.6. The van der Waals surface area contributed by atoms with Crippen LogP contribution in [0.1, 0.15) is 11.1 Å². The van der Waals surface area contributed by atoms with Crippen LogP contribution in [0.4, 0.5) is 5.69 Å². The fourth-order valence-electron chi connectivity index (χ4n) is 1.88. The van der Waals surface area contributed by atoms with Gasteiger partial charge in [0.2, 0.25) is 5.91 Å². The zero-order valence-electron chi connectivity index (χ0n) is 12.1. The first-order valence-electron chi connectivity index (χ1n) is 6.60. The fourth-order valence-corrected chi connectivity index (χ4v) is 2.41. The van der Waals surface area contributed by atoms with E-state index >= 15 is 0 Å². The van der Waals surface area contributed by atoms with Gasteiger partial charge >= 0.3 is 0 Å². The SMILES string of the molecule is O=C(Cc1cccc(O)c1)N/N=C/c1c(Cl)ccc([N+](=O)[O-])c1Cl. The monoisotopic (exact) mass is 367 g/mol. The second kappa shape index (κ2) is 7.76. The van der Waals surface area contributed by atoms with Crippen LogP contribution in [0.15, 0.2) is 41.5 Å². The summed E-state index contributed by atoms with van der Waals surface area (Å²) < 4.78 is 0. The maximum Gasteiger partial charge on any atom is 0.288 e. The standard InChI is InChI=1S/C15H11Cl2N3O4/c16-12-4-5-13(20(23)24)15(17)11(12)8-18-19-14(22)7-9-2-1-3-10(21)6-9/h1-6,8,21H,7H2,(H,19,22)/b18-8+. The van der Waals surface area contributed by atoms with Gasteiger partial charge in [-0.05, 0) is 23.8 Å². The molecule has 2 rings (SSSR count). The van der Waals surface area contributed by atoms with Crippen LogP contribution in [0.25, 0.3) is 0 Å². The van der Waals surface area contributed by atoms with Gasteiger partial charge in [0.1, 0.15) is 10.8 Å². The number of nitro groups is 1. The smallest absolute Gasteiger partial charge is 0.288 e. The Hall–Kier alpha value is -2.64. The van der Waals surface area contributed by atoms with Crippen LogP contribution in [-0.4, -0.2) is 22.2 Å². The summed E-state index contributed by atoms with van der Waals surface area (Å²) in [4.78, 5) is 22.0. The molecule has 0 saturated carbocycles. The maximum absolute atomic E-state index is 11.8. The number of phenolic OH excluding ortho intramolecular Hbond substituents is 1. The van der Waals surface area contributed by atoms with Crippen LogP contribution in [0.3, 0.4) is 0 Å². The topological polar surface area (TPSA) is 105 Å². The number of nitrogens with one attached hydrogen (secondary N) is 1. The van der Waals surface area contributed by atoms with Crippen molar-refractivity contribution in [2.75, 3.05) is 0 Å². The molecule has 2 N–H and O–H groups in total. The Kier molecular flexibility index (Phi) is 5.73. The number of carbonyl (C=O) groups is 1. The molecule has 0 heterocycles. The van der Waals surface area contributed by atoms with Gasteiger partial charge in [-0.1, -0.05) is 35.3 Å². The summed E-state index contributed by atoms with van der Waals surface area (Å²) in [5, 5.41) is 23.9. The average Bonchev–Trinajstić information content (AvgIpc) is 2.50. The summed E-state index contributed by atoms with van der Waals surface area (Å²) in [6, 6.07) is 8.74. The molecule has 9 heteroatoms. The molecule has 0 saturated heterocycles. The van der Waals surface area contributed by atoms with Crippen molar-refractivity contribution in [2.24, 2.45) is 5.10 Å². The highest BCUT2D eigenvalue weighted by atomic mass is 35.5. The molecule has 0 radical (unpaired) electrons. The summed E-state index contributed by atoms with van der Waals surface area (Å²) in [6.07, 6.45) is 1.14. The van der Waals surface area contributed by atoms with Crippen molar-refractivity contribution < 1.29 is 14.8 Å². The molecule has 0 unspecified atom stereocenters. The third kappa shape index (κ3) is 4.43. The molecule has 2 aromatic carbocycles. The zero-order chi connectivity index (χ0) is 17.7. The quantitative estimate of drug-likeness (QED) is 0.480. The third-order valence-corrected chi connectivity index (χ3v) is 3.69. The van der Waals surface area contributed by atoms with Gasteiger partial charge in [0.05, 0.1) is 22.6 Å². The number of nitro benzene ring substituents is 1. The summed E-state index contributed by atoms with van der Waals surface area (Å²) in [5.41, 5.74) is 2.69. The number of halogens is 2. The van der Waals surface area contributed by atoms with Crippen LogP contribution in [-0.2, 0) is 11.2 Å². The van der Waals surface area contributed by atoms with Crippen LogP contribution in [0, 0.1) is 10.1 Å². The van der Waals surface area contributed by atoms with Crippen LogP contribution in [0.2, 0.25) is 10.0 Å². The Labute approximate surface area is 146 Å². The first-order chi connectivity index (χ1) is 11.4. The van der Waals surface area contributed by atoms with Gasteiger partial charge in [-0.2, -0.15) is 5.10 Å². The number of amides is 1. The second-order valence-corrected chi connectivity index (χ2v) is 5.48. The van der Waals surface area contributed by atoms with Gasteiger partial charge in [-0.3, -0.25) is 14.9 Å². The molecule has 0 bridgehead atoms. The van der Waals surface area contributed by atoms with Crippen LogP contribution >= 0.6 is 23.2 Å². The maximum atomic E-state index is 11.8. The van der Waals surface area contributed by atoms with E-state index in [0.717, 1.165) is 6.21 Å². The minimum atomic E-state index is -0.642. The number of aromatic hydroxyl groups is 1. The second-order valence-electron chi connectivity index (χ2n) is 4.69. The molecular formula is C15H11Cl2N3O4. The molecule has 124 valence electrons. The fraction of sp³-hybridized carbons (Fsp3) is 0.0667. The Bertz CT molecular complexity index is 824. The number of carbonyl (C=O) groups excluding carboxylic acids is 1. The number of nitrogens with zero attached hydrogens (tertiary/aromatic N) is 2. The molecule has 1 amide bonds. The number of phenols is 1. The van der Waals surface area contributed by atoms with Gasteiger partial charge < -0.3 is 5.11 Å². The van der Waals surface area contributed by atoms with Gasteiger partial charge in [0, 0.05) is 11.6 Å². The lowest BCUT2D eigenvalue weighted by Gasteiger charge is -2.03. The molecule has 7 nitrogen and oxygen atoms in total. The Morgan fingerprint density at radius 3 is 2.75 bits per heavy atom. The summed E-state index contributed by atoms with van der Waals surface area (Å²) in [6.45, 7) is 0. The average molecular weight is 368 g/mol. The molecule has 0 spiro atoms. The van der Waals surface area contributed by atoms with E-state index in [1.54, 1.807) is 12.1 Å². The lowest BCUT2D eigenvalue weighted by Crippen LogP contribution is -2.19. The van der Waals surface area contributed by atoms with E-state index in [9.17, 15) is 20.0 Å². The van der Waals surface area contributed by atoms with Gasteiger partial charge in [-0.25, -0.2) is 5.43 Å². The molecule has 2 aromatic rings. The molecule has 0 aliphatic carbocycles. The Balaban J connectivity index is 2.07. The highest BCUT2D eigenvalue weighted by molar-refractivity contribution is 6.40. The van der Waals surface area contributed by atoms with E-state index in [0.29, 0.717) is 5.56 Å². The molecule has 0 fully saturated rings. The van der Waals surface area contributed by atoms with Crippen molar-refractivity contribution in [3.63, 3.8) is 0 Å². The number of hydrogen-bond acceptors (Lipinski definition) is 5. The molecular weight excluding hydrogens is 357 g/mol. The van der Waals surface area contributed by atoms with E-state index in [2.05, 4.69) is 10.5 Å². The van der Waals surface area contributed by atoms with Crippen molar-refractivity contribution in [3.8, 4) is 5.75 Å². The van der Waals surface area contributed by atoms with Gasteiger partial charge in [-0.15, -0.1) is 0 Å². The lowest BCUT2D eigenvalue weighted by atomic mass is 10.1. The number of hydrogen-bond donors (Lipinski definition) is 2. The highest BCUT2D eigenvalue weighted by Crippen LogP contribution is 2.31. The minimum Gasteiger partial charge on any atom is -0.508 e. The van der Waals surface area contributed by atoms with Crippen LogP contribution < -0.4 is 5.43 Å².